The first-order valence-corrected chi connectivity index (χ1v) is 6.82. The molecule has 3 N–H and O–H groups in total. The lowest BCUT2D eigenvalue weighted by Crippen LogP contribution is -2.54. The molecule has 0 aromatic heterocycles. The number of para-hydroxylation sites is 1. The predicted octanol–water partition coefficient (Wildman–Crippen LogP) is 1.37. The third kappa shape index (κ3) is 3.11. The quantitative estimate of drug-likeness (QED) is 0.813. The molecule has 20 heavy (non-hydrogen) atoms. The van der Waals surface area contributed by atoms with E-state index in [-0.39, 0.29) is 18.7 Å². The van der Waals surface area contributed by atoms with Crippen molar-refractivity contribution in [3.05, 3.63) is 29.8 Å². The first kappa shape index (κ1) is 14.8. The standard InChI is InChI=1S/C15H21NO4/c1-19-14(18)15(16)8-4-6-12(9-15)20-13-7-3-2-5-11(13)10-17/h2-3,5,7,12,17H,4,6,8-10,16H2,1H3. The lowest BCUT2D eigenvalue weighted by Gasteiger charge is -2.35. The molecule has 0 aliphatic heterocycles. The van der Waals surface area contributed by atoms with Crippen LogP contribution in [0, 0.1) is 0 Å². The van der Waals surface area contributed by atoms with E-state index in [9.17, 15) is 9.90 Å². The molecule has 1 aromatic rings. The number of rotatable bonds is 4. The summed E-state index contributed by atoms with van der Waals surface area (Å²) in [5, 5.41) is 9.30. The number of ether oxygens (including phenoxy) is 2. The molecular formula is C15H21NO4. The summed E-state index contributed by atoms with van der Waals surface area (Å²) in [6.45, 7) is -0.0757. The van der Waals surface area contributed by atoms with E-state index in [1.807, 2.05) is 24.3 Å². The third-order valence-electron chi connectivity index (χ3n) is 3.77. The summed E-state index contributed by atoms with van der Waals surface area (Å²) in [5.74, 6) is 0.260. The fraction of sp³-hybridized carbons (Fsp3) is 0.533. The van der Waals surface area contributed by atoms with Crippen LogP contribution in [0.25, 0.3) is 0 Å². The lowest BCUT2D eigenvalue weighted by atomic mass is 9.81. The number of benzene rings is 1. The van der Waals surface area contributed by atoms with Gasteiger partial charge in [-0.05, 0) is 25.3 Å². The summed E-state index contributed by atoms with van der Waals surface area (Å²) in [5.41, 5.74) is 5.89. The van der Waals surface area contributed by atoms with Crippen molar-refractivity contribution in [1.29, 1.82) is 0 Å². The highest BCUT2D eigenvalue weighted by atomic mass is 16.5. The Kier molecular flexibility index (Phi) is 4.62. The van der Waals surface area contributed by atoms with Gasteiger partial charge in [-0.3, -0.25) is 4.79 Å². The van der Waals surface area contributed by atoms with Gasteiger partial charge in [-0.15, -0.1) is 0 Å². The molecule has 1 saturated carbocycles. The molecule has 2 unspecified atom stereocenters. The van der Waals surface area contributed by atoms with Crippen LogP contribution in [0.1, 0.15) is 31.2 Å². The van der Waals surface area contributed by atoms with Gasteiger partial charge in [0.1, 0.15) is 17.4 Å². The fourth-order valence-corrected chi connectivity index (χ4v) is 2.67. The second kappa shape index (κ2) is 6.24. The number of methoxy groups -OCH3 is 1. The first-order valence-electron chi connectivity index (χ1n) is 6.82. The van der Waals surface area contributed by atoms with Gasteiger partial charge in [-0.1, -0.05) is 18.2 Å². The minimum atomic E-state index is -0.966. The van der Waals surface area contributed by atoms with Gasteiger partial charge in [0.2, 0.25) is 0 Å². The molecule has 0 radical (unpaired) electrons. The monoisotopic (exact) mass is 279 g/mol. The van der Waals surface area contributed by atoms with E-state index in [1.54, 1.807) is 0 Å². The van der Waals surface area contributed by atoms with Gasteiger partial charge in [0.05, 0.1) is 13.7 Å². The largest absolute Gasteiger partial charge is 0.490 e. The Hall–Kier alpha value is -1.59. The van der Waals surface area contributed by atoms with E-state index in [0.717, 1.165) is 18.4 Å². The number of hydrogen-bond acceptors (Lipinski definition) is 5. The van der Waals surface area contributed by atoms with Crippen molar-refractivity contribution in [1.82, 2.24) is 0 Å². The second-order valence-electron chi connectivity index (χ2n) is 5.25. The maximum absolute atomic E-state index is 11.8. The van der Waals surface area contributed by atoms with Crippen LogP contribution in [-0.2, 0) is 16.1 Å². The molecule has 0 amide bonds. The van der Waals surface area contributed by atoms with Gasteiger partial charge in [-0.25, -0.2) is 0 Å². The minimum Gasteiger partial charge on any atom is -0.490 e. The van der Waals surface area contributed by atoms with Gasteiger partial charge >= 0.3 is 5.97 Å². The Labute approximate surface area is 118 Å². The molecule has 5 heteroatoms. The zero-order chi connectivity index (χ0) is 14.6. The Morgan fingerprint density at radius 1 is 1.50 bits per heavy atom. The van der Waals surface area contributed by atoms with Crippen LogP contribution >= 0.6 is 0 Å². The lowest BCUT2D eigenvalue weighted by molar-refractivity contribution is -0.149. The highest BCUT2D eigenvalue weighted by Gasteiger charge is 2.41. The average molecular weight is 279 g/mol. The van der Waals surface area contributed by atoms with Crippen LogP contribution in [0.2, 0.25) is 0 Å². The molecule has 110 valence electrons. The van der Waals surface area contributed by atoms with Crippen LogP contribution in [0.4, 0.5) is 0 Å². The predicted molar refractivity (Wildman–Crippen MR) is 74.2 cm³/mol. The molecule has 1 aliphatic rings. The summed E-state index contributed by atoms with van der Waals surface area (Å²) in [4.78, 5) is 11.8. The maximum Gasteiger partial charge on any atom is 0.325 e. The molecule has 0 bridgehead atoms. The summed E-state index contributed by atoms with van der Waals surface area (Å²) in [7, 11) is 1.35. The van der Waals surface area contributed by atoms with Crippen LogP contribution in [0.15, 0.2) is 24.3 Å². The molecule has 1 aliphatic carbocycles. The number of carbonyl (C=O) groups is 1. The topological polar surface area (TPSA) is 81.8 Å². The van der Waals surface area contributed by atoms with Gasteiger partial charge in [0, 0.05) is 12.0 Å². The summed E-state index contributed by atoms with van der Waals surface area (Å²) in [6.07, 6.45) is 2.56. The molecule has 0 saturated heterocycles. The number of aliphatic hydroxyl groups is 1. The molecular weight excluding hydrogens is 258 g/mol. The Bertz CT molecular complexity index is 477. The minimum absolute atomic E-state index is 0.0757. The zero-order valence-electron chi connectivity index (χ0n) is 11.7. The molecule has 2 atom stereocenters. The number of hydrogen-bond donors (Lipinski definition) is 2. The highest BCUT2D eigenvalue weighted by Crippen LogP contribution is 2.31. The van der Waals surface area contributed by atoms with Crippen molar-refractivity contribution in [2.75, 3.05) is 7.11 Å². The molecule has 0 spiro atoms. The van der Waals surface area contributed by atoms with Crippen molar-refractivity contribution in [3.8, 4) is 5.75 Å². The van der Waals surface area contributed by atoms with Crippen LogP contribution < -0.4 is 10.5 Å². The molecule has 5 nitrogen and oxygen atoms in total. The smallest absolute Gasteiger partial charge is 0.325 e. The van der Waals surface area contributed by atoms with Gasteiger partial charge in [0.15, 0.2) is 0 Å². The van der Waals surface area contributed by atoms with E-state index in [2.05, 4.69) is 0 Å². The van der Waals surface area contributed by atoms with E-state index in [4.69, 9.17) is 15.2 Å². The molecule has 2 rings (SSSR count). The van der Waals surface area contributed by atoms with Crippen molar-refractivity contribution in [2.24, 2.45) is 5.73 Å². The van der Waals surface area contributed by atoms with Crippen molar-refractivity contribution < 1.29 is 19.4 Å². The summed E-state index contributed by atoms with van der Waals surface area (Å²) in [6, 6.07) is 7.33. The van der Waals surface area contributed by atoms with Crippen LogP contribution in [0.5, 0.6) is 5.75 Å². The summed E-state index contributed by atoms with van der Waals surface area (Å²) >= 11 is 0. The maximum atomic E-state index is 11.8. The SMILES string of the molecule is COC(=O)C1(N)CCCC(Oc2ccccc2CO)C1. The van der Waals surface area contributed by atoms with E-state index < -0.39 is 5.54 Å². The van der Waals surface area contributed by atoms with Gasteiger partial charge in [-0.2, -0.15) is 0 Å². The van der Waals surface area contributed by atoms with Crippen molar-refractivity contribution in [3.63, 3.8) is 0 Å². The zero-order valence-corrected chi connectivity index (χ0v) is 11.7. The number of nitrogens with two attached hydrogens (primary N) is 1. The number of esters is 1. The molecule has 0 heterocycles. The van der Waals surface area contributed by atoms with Crippen LogP contribution in [-0.4, -0.2) is 29.8 Å². The van der Waals surface area contributed by atoms with E-state index in [1.165, 1.54) is 7.11 Å². The normalized spacial score (nSPS) is 26.1. The highest BCUT2D eigenvalue weighted by molar-refractivity contribution is 5.80. The second-order valence-corrected chi connectivity index (χ2v) is 5.25. The average Bonchev–Trinajstić information content (AvgIpc) is 2.47. The Morgan fingerprint density at radius 3 is 2.95 bits per heavy atom. The summed E-state index contributed by atoms with van der Waals surface area (Å²) < 4.78 is 10.7. The number of carbonyl (C=O) groups excluding carboxylic acids is 1. The van der Waals surface area contributed by atoms with E-state index in [0.29, 0.717) is 18.6 Å². The van der Waals surface area contributed by atoms with Crippen molar-refractivity contribution >= 4 is 5.97 Å². The molecule has 1 fully saturated rings. The Morgan fingerprint density at radius 2 is 2.25 bits per heavy atom. The van der Waals surface area contributed by atoms with Crippen LogP contribution in [0.3, 0.4) is 0 Å². The Balaban J connectivity index is 2.08. The van der Waals surface area contributed by atoms with Gasteiger partial charge in [0.25, 0.3) is 0 Å². The van der Waals surface area contributed by atoms with Crippen molar-refractivity contribution in [2.45, 2.75) is 43.9 Å². The third-order valence-corrected chi connectivity index (χ3v) is 3.77. The number of aliphatic hydroxyl groups excluding tert-OH is 1. The molecule has 1 aromatic carbocycles. The fourth-order valence-electron chi connectivity index (χ4n) is 2.67. The van der Waals surface area contributed by atoms with E-state index >= 15 is 0 Å². The van der Waals surface area contributed by atoms with Gasteiger partial charge < -0.3 is 20.3 Å². The first-order chi connectivity index (χ1) is 9.59.